The predicted octanol–water partition coefficient (Wildman–Crippen LogP) is 2.07. The Kier molecular flexibility index (Phi) is 5.51. The van der Waals surface area contributed by atoms with E-state index in [9.17, 15) is 14.4 Å². The zero-order chi connectivity index (χ0) is 17.5. The van der Waals surface area contributed by atoms with E-state index in [2.05, 4.69) is 16.0 Å². The lowest BCUT2D eigenvalue weighted by Gasteiger charge is -2.08. The summed E-state index contributed by atoms with van der Waals surface area (Å²) in [7, 11) is 0. The number of benzene rings is 2. The number of nitrogens with one attached hydrogen (secondary N) is 3. The van der Waals surface area contributed by atoms with Crippen LogP contribution in [0.2, 0.25) is 0 Å². The van der Waals surface area contributed by atoms with E-state index in [0.717, 1.165) is 5.56 Å². The summed E-state index contributed by atoms with van der Waals surface area (Å²) in [6, 6.07) is 13.1. The van der Waals surface area contributed by atoms with Crippen molar-refractivity contribution >= 4 is 29.2 Å². The number of hydrogen-bond acceptors (Lipinski definition) is 3. The second kappa shape index (κ2) is 7.77. The standard InChI is InChI=1S/C17H18N4O3/c1-11(22)20-14-3-2-4-15(9-14)21-16(23)13-7-5-12(6-8-13)10-19-17(18)24/h2-9H,10H2,1H3,(H,20,22)(H,21,23)(H3,18,19,24). The molecule has 0 atom stereocenters. The van der Waals surface area contributed by atoms with Gasteiger partial charge >= 0.3 is 6.03 Å². The van der Waals surface area contributed by atoms with Crippen LogP contribution < -0.4 is 21.7 Å². The molecule has 0 aliphatic heterocycles. The lowest BCUT2D eigenvalue weighted by Crippen LogP contribution is -2.28. The molecule has 0 fully saturated rings. The monoisotopic (exact) mass is 326 g/mol. The average Bonchev–Trinajstić information content (AvgIpc) is 2.53. The van der Waals surface area contributed by atoms with E-state index in [0.29, 0.717) is 23.5 Å². The Balaban J connectivity index is 2.01. The summed E-state index contributed by atoms with van der Waals surface area (Å²) in [5.74, 6) is -0.456. The van der Waals surface area contributed by atoms with Crippen LogP contribution in [0.3, 0.4) is 0 Å². The molecule has 0 aliphatic rings. The Morgan fingerprint density at radius 3 is 2.17 bits per heavy atom. The summed E-state index contributed by atoms with van der Waals surface area (Å²) in [5, 5.41) is 7.89. The Bertz CT molecular complexity index is 757. The lowest BCUT2D eigenvalue weighted by atomic mass is 10.1. The van der Waals surface area contributed by atoms with E-state index in [1.165, 1.54) is 6.92 Å². The fourth-order valence-electron chi connectivity index (χ4n) is 2.04. The first kappa shape index (κ1) is 17.0. The number of carbonyl (C=O) groups excluding carboxylic acids is 3. The molecule has 5 N–H and O–H groups in total. The Morgan fingerprint density at radius 2 is 1.58 bits per heavy atom. The van der Waals surface area contributed by atoms with Crippen molar-refractivity contribution in [3.05, 3.63) is 59.7 Å². The van der Waals surface area contributed by atoms with E-state index in [-0.39, 0.29) is 11.8 Å². The number of carbonyl (C=O) groups is 3. The summed E-state index contributed by atoms with van der Waals surface area (Å²) < 4.78 is 0. The number of primary amides is 1. The van der Waals surface area contributed by atoms with E-state index >= 15 is 0 Å². The molecule has 0 spiro atoms. The zero-order valence-corrected chi connectivity index (χ0v) is 13.1. The van der Waals surface area contributed by atoms with Crippen molar-refractivity contribution in [1.29, 1.82) is 0 Å². The Hall–Kier alpha value is -3.35. The normalized spacial score (nSPS) is 9.88. The van der Waals surface area contributed by atoms with Crippen LogP contribution in [0.25, 0.3) is 0 Å². The SMILES string of the molecule is CC(=O)Nc1cccc(NC(=O)c2ccc(CNC(N)=O)cc2)c1. The van der Waals surface area contributed by atoms with E-state index in [1.807, 2.05) is 0 Å². The number of amides is 4. The van der Waals surface area contributed by atoms with Crippen LogP contribution in [-0.4, -0.2) is 17.8 Å². The number of hydrogen-bond donors (Lipinski definition) is 4. The lowest BCUT2D eigenvalue weighted by molar-refractivity contribution is -0.114. The van der Waals surface area contributed by atoms with Crippen LogP contribution in [0.4, 0.5) is 16.2 Å². The number of urea groups is 1. The fraction of sp³-hybridized carbons (Fsp3) is 0.118. The van der Waals surface area contributed by atoms with Gasteiger partial charge in [-0.15, -0.1) is 0 Å². The molecule has 124 valence electrons. The van der Waals surface area contributed by atoms with Gasteiger partial charge in [-0.1, -0.05) is 18.2 Å². The van der Waals surface area contributed by atoms with E-state index in [4.69, 9.17) is 5.73 Å². The molecule has 2 aromatic carbocycles. The minimum Gasteiger partial charge on any atom is -0.352 e. The third-order valence-electron chi connectivity index (χ3n) is 3.12. The maximum atomic E-state index is 12.2. The zero-order valence-electron chi connectivity index (χ0n) is 13.1. The summed E-state index contributed by atoms with van der Waals surface area (Å²) in [6.07, 6.45) is 0. The van der Waals surface area contributed by atoms with E-state index < -0.39 is 6.03 Å². The van der Waals surface area contributed by atoms with Gasteiger partial charge in [0, 0.05) is 30.4 Å². The van der Waals surface area contributed by atoms with Crippen molar-refractivity contribution in [2.24, 2.45) is 5.73 Å². The minimum atomic E-state index is -0.601. The average molecular weight is 326 g/mol. The largest absolute Gasteiger partial charge is 0.352 e. The van der Waals surface area contributed by atoms with Crippen LogP contribution in [0.1, 0.15) is 22.8 Å². The van der Waals surface area contributed by atoms with Gasteiger partial charge in [-0.05, 0) is 35.9 Å². The molecule has 2 aromatic rings. The maximum absolute atomic E-state index is 12.2. The summed E-state index contributed by atoms with van der Waals surface area (Å²) >= 11 is 0. The van der Waals surface area contributed by atoms with Gasteiger partial charge < -0.3 is 21.7 Å². The molecule has 7 nitrogen and oxygen atoms in total. The topological polar surface area (TPSA) is 113 Å². The van der Waals surface area contributed by atoms with Gasteiger partial charge in [0.2, 0.25) is 5.91 Å². The van der Waals surface area contributed by atoms with Gasteiger partial charge in [0.1, 0.15) is 0 Å². The molecule has 24 heavy (non-hydrogen) atoms. The van der Waals surface area contributed by atoms with Crippen LogP contribution in [0.15, 0.2) is 48.5 Å². The van der Waals surface area contributed by atoms with Gasteiger partial charge in [-0.25, -0.2) is 4.79 Å². The molecular weight excluding hydrogens is 308 g/mol. The highest BCUT2D eigenvalue weighted by molar-refractivity contribution is 6.04. The highest BCUT2D eigenvalue weighted by Crippen LogP contribution is 2.16. The van der Waals surface area contributed by atoms with Crippen molar-refractivity contribution in [2.75, 3.05) is 10.6 Å². The molecular formula is C17H18N4O3. The van der Waals surface area contributed by atoms with Gasteiger partial charge in [-0.2, -0.15) is 0 Å². The van der Waals surface area contributed by atoms with Crippen molar-refractivity contribution in [3.63, 3.8) is 0 Å². The van der Waals surface area contributed by atoms with Gasteiger partial charge in [0.05, 0.1) is 0 Å². The third-order valence-corrected chi connectivity index (χ3v) is 3.12. The molecule has 7 heteroatoms. The van der Waals surface area contributed by atoms with Gasteiger partial charge in [-0.3, -0.25) is 9.59 Å². The highest BCUT2D eigenvalue weighted by atomic mass is 16.2. The summed E-state index contributed by atoms with van der Waals surface area (Å²) in [5.41, 5.74) is 7.49. The minimum absolute atomic E-state index is 0.182. The molecule has 2 rings (SSSR count). The van der Waals surface area contributed by atoms with Crippen molar-refractivity contribution < 1.29 is 14.4 Å². The van der Waals surface area contributed by atoms with Gasteiger partial charge in [0.25, 0.3) is 5.91 Å². The molecule has 0 aromatic heterocycles. The Labute approximate surface area is 139 Å². The predicted molar refractivity (Wildman–Crippen MR) is 91.6 cm³/mol. The molecule has 0 heterocycles. The molecule has 0 saturated carbocycles. The molecule has 0 radical (unpaired) electrons. The second-order valence-electron chi connectivity index (χ2n) is 5.13. The first-order valence-electron chi connectivity index (χ1n) is 7.25. The number of rotatable bonds is 5. The molecule has 0 unspecified atom stereocenters. The maximum Gasteiger partial charge on any atom is 0.312 e. The molecule has 0 saturated heterocycles. The first-order chi connectivity index (χ1) is 11.4. The van der Waals surface area contributed by atoms with Crippen molar-refractivity contribution in [3.8, 4) is 0 Å². The summed E-state index contributed by atoms with van der Waals surface area (Å²) in [4.78, 5) is 34.0. The van der Waals surface area contributed by atoms with Crippen molar-refractivity contribution in [2.45, 2.75) is 13.5 Å². The number of anilines is 2. The Morgan fingerprint density at radius 1 is 0.958 bits per heavy atom. The van der Waals surface area contributed by atoms with E-state index in [1.54, 1.807) is 48.5 Å². The number of nitrogens with two attached hydrogens (primary N) is 1. The molecule has 0 aliphatic carbocycles. The van der Waals surface area contributed by atoms with Crippen molar-refractivity contribution in [1.82, 2.24) is 5.32 Å². The second-order valence-corrected chi connectivity index (χ2v) is 5.13. The van der Waals surface area contributed by atoms with Gasteiger partial charge in [0.15, 0.2) is 0 Å². The van der Waals surface area contributed by atoms with Crippen LogP contribution >= 0.6 is 0 Å². The summed E-state index contributed by atoms with van der Waals surface area (Å²) in [6.45, 7) is 1.72. The van der Waals surface area contributed by atoms with Crippen LogP contribution in [-0.2, 0) is 11.3 Å². The molecule has 0 bridgehead atoms. The smallest absolute Gasteiger partial charge is 0.312 e. The first-order valence-corrected chi connectivity index (χ1v) is 7.25. The van der Waals surface area contributed by atoms with Crippen LogP contribution in [0, 0.1) is 0 Å². The molecule has 4 amide bonds. The fourth-order valence-corrected chi connectivity index (χ4v) is 2.04. The van der Waals surface area contributed by atoms with Crippen LogP contribution in [0.5, 0.6) is 0 Å². The highest BCUT2D eigenvalue weighted by Gasteiger charge is 2.07. The quantitative estimate of drug-likeness (QED) is 0.674. The third kappa shape index (κ3) is 5.13.